The molecular weight excluding hydrogens is 208 g/mol. The molecule has 3 nitrogen and oxygen atoms in total. The average Bonchev–Trinajstić information content (AvgIpc) is 2.27. The molecule has 0 spiro atoms. The third-order valence-corrected chi connectivity index (χ3v) is 4.17. The molecule has 0 heterocycles. The molecule has 1 aliphatic rings. The second-order valence-corrected chi connectivity index (χ2v) is 5.45. The number of nitriles is 1. The number of hydrogen-bond donors (Lipinski definition) is 2. The SMILES string of the molecule is CCNC1(C#N)CCCC(SCCO)C1. The van der Waals surface area contributed by atoms with E-state index in [1.54, 1.807) is 11.8 Å². The predicted molar refractivity (Wildman–Crippen MR) is 63.8 cm³/mol. The number of nitrogens with one attached hydrogen (secondary N) is 1. The van der Waals surface area contributed by atoms with E-state index in [0.717, 1.165) is 31.6 Å². The maximum absolute atomic E-state index is 9.24. The molecule has 0 aromatic rings. The van der Waals surface area contributed by atoms with Gasteiger partial charge in [0.15, 0.2) is 0 Å². The molecule has 0 aromatic heterocycles. The van der Waals surface area contributed by atoms with Gasteiger partial charge in [-0.25, -0.2) is 0 Å². The lowest BCUT2D eigenvalue weighted by Crippen LogP contribution is -2.48. The summed E-state index contributed by atoms with van der Waals surface area (Å²) in [5.74, 6) is 0.790. The first-order chi connectivity index (χ1) is 7.26. The summed E-state index contributed by atoms with van der Waals surface area (Å²) in [5.41, 5.74) is -0.305. The Morgan fingerprint density at radius 3 is 3.07 bits per heavy atom. The van der Waals surface area contributed by atoms with E-state index in [4.69, 9.17) is 5.11 Å². The second kappa shape index (κ2) is 6.37. The zero-order valence-electron chi connectivity index (χ0n) is 9.33. The molecular formula is C11H20N2OS. The highest BCUT2D eigenvalue weighted by Crippen LogP contribution is 2.34. The number of thioether (sulfide) groups is 1. The molecule has 1 fully saturated rings. The van der Waals surface area contributed by atoms with E-state index in [1.165, 1.54) is 6.42 Å². The van der Waals surface area contributed by atoms with Crippen molar-refractivity contribution in [3.05, 3.63) is 0 Å². The van der Waals surface area contributed by atoms with E-state index in [-0.39, 0.29) is 12.1 Å². The van der Waals surface area contributed by atoms with Gasteiger partial charge in [-0.15, -0.1) is 0 Å². The van der Waals surface area contributed by atoms with Crippen LogP contribution in [0, 0.1) is 11.3 Å². The van der Waals surface area contributed by atoms with E-state index < -0.39 is 0 Å². The maximum Gasteiger partial charge on any atom is 0.107 e. The summed E-state index contributed by atoms with van der Waals surface area (Å²) in [6.07, 6.45) is 4.18. The Morgan fingerprint density at radius 2 is 2.47 bits per heavy atom. The van der Waals surface area contributed by atoms with Gasteiger partial charge in [0.05, 0.1) is 12.7 Å². The quantitative estimate of drug-likeness (QED) is 0.749. The van der Waals surface area contributed by atoms with E-state index in [1.807, 2.05) is 6.92 Å². The highest BCUT2D eigenvalue weighted by Gasteiger charge is 2.35. The van der Waals surface area contributed by atoms with Gasteiger partial charge in [0.2, 0.25) is 0 Å². The lowest BCUT2D eigenvalue weighted by atomic mass is 9.82. The first kappa shape index (κ1) is 12.8. The zero-order chi connectivity index (χ0) is 11.1. The van der Waals surface area contributed by atoms with Crippen LogP contribution < -0.4 is 5.32 Å². The van der Waals surface area contributed by atoms with Crippen LogP contribution >= 0.6 is 11.8 Å². The molecule has 0 radical (unpaired) electrons. The third-order valence-electron chi connectivity index (χ3n) is 2.88. The molecule has 1 rings (SSSR count). The number of rotatable bonds is 5. The smallest absolute Gasteiger partial charge is 0.107 e. The van der Waals surface area contributed by atoms with Crippen molar-refractivity contribution in [1.29, 1.82) is 5.26 Å². The van der Waals surface area contributed by atoms with Gasteiger partial charge in [-0.05, 0) is 32.2 Å². The minimum Gasteiger partial charge on any atom is -0.396 e. The van der Waals surface area contributed by atoms with Crippen LogP contribution in [0.25, 0.3) is 0 Å². The summed E-state index contributed by atoms with van der Waals surface area (Å²) in [7, 11) is 0. The van der Waals surface area contributed by atoms with Gasteiger partial charge < -0.3 is 5.11 Å². The Balaban J connectivity index is 2.49. The molecule has 2 unspecified atom stereocenters. The number of hydrogen-bond acceptors (Lipinski definition) is 4. The van der Waals surface area contributed by atoms with Crippen LogP contribution in [0.3, 0.4) is 0 Å². The summed E-state index contributed by atoms with van der Waals surface area (Å²) in [4.78, 5) is 0. The van der Waals surface area contributed by atoms with Crippen molar-refractivity contribution >= 4 is 11.8 Å². The number of aliphatic hydroxyl groups is 1. The Bertz CT molecular complexity index is 225. The van der Waals surface area contributed by atoms with Crippen molar-refractivity contribution in [3.8, 4) is 6.07 Å². The van der Waals surface area contributed by atoms with Crippen LogP contribution in [0.15, 0.2) is 0 Å². The molecule has 0 saturated heterocycles. The van der Waals surface area contributed by atoms with Crippen molar-refractivity contribution < 1.29 is 5.11 Å². The lowest BCUT2D eigenvalue weighted by Gasteiger charge is -2.36. The molecule has 4 heteroatoms. The zero-order valence-corrected chi connectivity index (χ0v) is 10.1. The lowest BCUT2D eigenvalue weighted by molar-refractivity contribution is 0.306. The highest BCUT2D eigenvalue weighted by atomic mass is 32.2. The Morgan fingerprint density at radius 1 is 1.67 bits per heavy atom. The van der Waals surface area contributed by atoms with Crippen LogP contribution in [0.4, 0.5) is 0 Å². The number of nitrogens with zero attached hydrogens (tertiary/aromatic N) is 1. The monoisotopic (exact) mass is 228 g/mol. The summed E-state index contributed by atoms with van der Waals surface area (Å²) in [5, 5.41) is 21.9. The molecule has 86 valence electrons. The Kier molecular flexibility index (Phi) is 5.44. The van der Waals surface area contributed by atoms with E-state index in [0.29, 0.717) is 5.25 Å². The summed E-state index contributed by atoms with van der Waals surface area (Å²) < 4.78 is 0. The maximum atomic E-state index is 9.24. The minimum absolute atomic E-state index is 0.238. The largest absolute Gasteiger partial charge is 0.396 e. The fourth-order valence-electron chi connectivity index (χ4n) is 2.23. The summed E-state index contributed by atoms with van der Waals surface area (Å²) in [6, 6.07) is 2.44. The molecule has 1 aliphatic carbocycles. The van der Waals surface area contributed by atoms with Crippen LogP contribution in [-0.2, 0) is 0 Å². The van der Waals surface area contributed by atoms with Gasteiger partial charge in [-0.3, -0.25) is 5.32 Å². The molecule has 15 heavy (non-hydrogen) atoms. The minimum atomic E-state index is -0.305. The van der Waals surface area contributed by atoms with Crippen LogP contribution in [0.5, 0.6) is 0 Å². The first-order valence-electron chi connectivity index (χ1n) is 5.65. The van der Waals surface area contributed by atoms with Gasteiger partial charge in [0.25, 0.3) is 0 Å². The normalized spacial score (nSPS) is 31.1. The van der Waals surface area contributed by atoms with E-state index in [9.17, 15) is 5.26 Å². The molecule has 0 amide bonds. The summed E-state index contributed by atoms with van der Waals surface area (Å²) in [6.45, 7) is 3.14. The fraction of sp³-hybridized carbons (Fsp3) is 0.909. The van der Waals surface area contributed by atoms with Crippen molar-refractivity contribution in [1.82, 2.24) is 5.32 Å². The van der Waals surface area contributed by atoms with Crippen LogP contribution in [0.2, 0.25) is 0 Å². The first-order valence-corrected chi connectivity index (χ1v) is 6.70. The van der Waals surface area contributed by atoms with Crippen LogP contribution in [0.1, 0.15) is 32.6 Å². The van der Waals surface area contributed by atoms with Crippen molar-refractivity contribution in [3.63, 3.8) is 0 Å². The van der Waals surface area contributed by atoms with Crippen molar-refractivity contribution in [2.24, 2.45) is 0 Å². The van der Waals surface area contributed by atoms with E-state index in [2.05, 4.69) is 11.4 Å². The molecule has 1 saturated carbocycles. The topological polar surface area (TPSA) is 56.0 Å². The van der Waals surface area contributed by atoms with Crippen LogP contribution in [-0.4, -0.2) is 34.8 Å². The van der Waals surface area contributed by atoms with Gasteiger partial charge in [-0.2, -0.15) is 17.0 Å². The predicted octanol–water partition coefficient (Wildman–Crippen LogP) is 1.53. The molecule has 0 aliphatic heterocycles. The van der Waals surface area contributed by atoms with Gasteiger partial charge >= 0.3 is 0 Å². The Labute approximate surface area is 96.2 Å². The molecule has 2 atom stereocenters. The molecule has 0 bridgehead atoms. The van der Waals surface area contributed by atoms with Gasteiger partial charge in [0, 0.05) is 11.0 Å². The van der Waals surface area contributed by atoms with Gasteiger partial charge in [0.1, 0.15) is 5.54 Å². The Hall–Kier alpha value is -0.240. The fourth-order valence-corrected chi connectivity index (χ4v) is 3.40. The third kappa shape index (κ3) is 3.67. The van der Waals surface area contributed by atoms with E-state index >= 15 is 0 Å². The number of aliphatic hydroxyl groups excluding tert-OH is 1. The second-order valence-electron chi connectivity index (χ2n) is 4.04. The summed E-state index contributed by atoms with van der Waals surface area (Å²) >= 11 is 1.80. The van der Waals surface area contributed by atoms with Gasteiger partial charge in [-0.1, -0.05) is 6.92 Å². The molecule has 2 N–H and O–H groups in total. The average molecular weight is 228 g/mol. The van der Waals surface area contributed by atoms with Crippen molar-refractivity contribution in [2.75, 3.05) is 18.9 Å². The molecule has 0 aromatic carbocycles. The standard InChI is InChI=1S/C11H20N2OS/c1-2-13-11(9-12)5-3-4-10(8-11)15-7-6-14/h10,13-14H,2-8H2,1H3. The van der Waals surface area contributed by atoms with Crippen molar-refractivity contribution in [2.45, 2.75) is 43.4 Å². The highest BCUT2D eigenvalue weighted by molar-refractivity contribution is 7.99.